The first-order valence-electron chi connectivity index (χ1n) is 6.18. The van der Waals surface area contributed by atoms with Crippen LogP contribution in [0.5, 0.6) is 5.75 Å². The van der Waals surface area contributed by atoms with Crippen LogP contribution in [-0.2, 0) is 11.2 Å². The maximum atomic E-state index is 11.2. The number of nitrogens with two attached hydrogens (primary N) is 1. The molecule has 0 aromatic heterocycles. The van der Waals surface area contributed by atoms with Gasteiger partial charge in [0.25, 0.3) is 0 Å². The fraction of sp³-hybridized carbons (Fsp3) is 0.500. The Bertz CT molecular complexity index is 375. The summed E-state index contributed by atoms with van der Waals surface area (Å²) in [5.41, 5.74) is 6.82. The lowest BCUT2D eigenvalue weighted by molar-refractivity contribution is -0.142. The van der Waals surface area contributed by atoms with Gasteiger partial charge in [-0.15, -0.1) is 0 Å². The van der Waals surface area contributed by atoms with Gasteiger partial charge in [-0.1, -0.05) is 19.1 Å². The van der Waals surface area contributed by atoms with Gasteiger partial charge in [-0.2, -0.15) is 0 Å². The molecule has 0 fully saturated rings. The van der Waals surface area contributed by atoms with E-state index < -0.39 is 11.9 Å². The van der Waals surface area contributed by atoms with Crippen LogP contribution in [0, 0.1) is 5.92 Å². The summed E-state index contributed by atoms with van der Waals surface area (Å²) in [7, 11) is 1.61. The van der Waals surface area contributed by atoms with Crippen molar-refractivity contribution in [1.29, 1.82) is 0 Å². The first kappa shape index (κ1) is 14.5. The Morgan fingerprint density at radius 3 is 2.44 bits per heavy atom. The number of rotatable bonds is 7. The summed E-state index contributed by atoms with van der Waals surface area (Å²) in [4.78, 5) is 11.2. The minimum absolute atomic E-state index is 0.0515. The predicted octanol–water partition coefficient (Wildman–Crippen LogP) is 2.07. The van der Waals surface area contributed by atoms with E-state index in [1.165, 1.54) is 0 Å². The molecule has 100 valence electrons. The quantitative estimate of drug-likeness (QED) is 0.778. The summed E-state index contributed by atoms with van der Waals surface area (Å²) in [5.74, 6) is -0.432. The summed E-state index contributed by atoms with van der Waals surface area (Å²) in [5, 5.41) is 9.20. The first-order valence-corrected chi connectivity index (χ1v) is 6.18. The van der Waals surface area contributed by atoms with Gasteiger partial charge in [0.2, 0.25) is 0 Å². The summed E-state index contributed by atoms with van der Waals surface area (Å²) in [6.07, 6.45) is 1.82. The average molecular weight is 251 g/mol. The van der Waals surface area contributed by atoms with E-state index in [1.807, 2.05) is 31.2 Å². The lowest BCUT2D eigenvalue weighted by Crippen LogP contribution is -2.28. The molecular formula is C14H21NO3. The Morgan fingerprint density at radius 1 is 1.39 bits per heavy atom. The molecule has 0 radical (unpaired) electrons. The van der Waals surface area contributed by atoms with Gasteiger partial charge in [0.15, 0.2) is 0 Å². The largest absolute Gasteiger partial charge is 0.497 e. The van der Waals surface area contributed by atoms with Crippen molar-refractivity contribution in [2.24, 2.45) is 11.7 Å². The molecule has 0 heterocycles. The van der Waals surface area contributed by atoms with Crippen LogP contribution in [-0.4, -0.2) is 24.2 Å². The molecule has 0 spiro atoms. The zero-order valence-electron chi connectivity index (χ0n) is 10.9. The van der Waals surface area contributed by atoms with Crippen LogP contribution in [0.3, 0.4) is 0 Å². The van der Waals surface area contributed by atoms with Crippen molar-refractivity contribution in [2.45, 2.75) is 32.2 Å². The van der Waals surface area contributed by atoms with Crippen LogP contribution in [0.4, 0.5) is 0 Å². The van der Waals surface area contributed by atoms with Gasteiger partial charge in [-0.05, 0) is 37.0 Å². The Hall–Kier alpha value is -1.55. The molecule has 1 aromatic rings. The predicted molar refractivity (Wildman–Crippen MR) is 70.7 cm³/mol. The third kappa shape index (κ3) is 4.37. The highest BCUT2D eigenvalue weighted by molar-refractivity contribution is 5.70. The highest BCUT2D eigenvalue weighted by Crippen LogP contribution is 2.18. The van der Waals surface area contributed by atoms with Gasteiger partial charge in [-0.25, -0.2) is 0 Å². The smallest absolute Gasteiger partial charge is 0.306 e. The molecule has 0 aliphatic rings. The molecule has 2 atom stereocenters. The molecular weight excluding hydrogens is 230 g/mol. The third-order valence-electron chi connectivity index (χ3n) is 3.10. The number of hydrogen-bond acceptors (Lipinski definition) is 3. The molecule has 1 rings (SSSR count). The van der Waals surface area contributed by atoms with E-state index in [0.29, 0.717) is 12.8 Å². The van der Waals surface area contributed by atoms with E-state index in [9.17, 15) is 9.90 Å². The Kier molecular flexibility index (Phi) is 5.65. The van der Waals surface area contributed by atoms with Crippen LogP contribution in [0.1, 0.15) is 25.3 Å². The van der Waals surface area contributed by atoms with E-state index >= 15 is 0 Å². The van der Waals surface area contributed by atoms with Crippen molar-refractivity contribution in [3.8, 4) is 5.75 Å². The number of hydrogen-bond donors (Lipinski definition) is 2. The summed E-state index contributed by atoms with van der Waals surface area (Å²) >= 11 is 0. The molecule has 0 aliphatic carbocycles. The van der Waals surface area contributed by atoms with Crippen LogP contribution >= 0.6 is 0 Å². The molecule has 0 saturated carbocycles. The van der Waals surface area contributed by atoms with Crippen molar-refractivity contribution in [3.63, 3.8) is 0 Å². The monoisotopic (exact) mass is 251 g/mol. The maximum Gasteiger partial charge on any atom is 0.306 e. The summed E-state index contributed by atoms with van der Waals surface area (Å²) in [6, 6.07) is 7.42. The fourth-order valence-electron chi connectivity index (χ4n) is 1.85. The zero-order valence-corrected chi connectivity index (χ0v) is 10.9. The third-order valence-corrected chi connectivity index (χ3v) is 3.10. The molecule has 4 heteroatoms. The van der Waals surface area contributed by atoms with Crippen LogP contribution < -0.4 is 10.5 Å². The van der Waals surface area contributed by atoms with Crippen LogP contribution in [0.2, 0.25) is 0 Å². The lowest BCUT2D eigenvalue weighted by Gasteiger charge is -2.16. The molecule has 3 N–H and O–H groups in total. The summed E-state index contributed by atoms with van der Waals surface area (Å²) < 4.78 is 5.07. The van der Waals surface area contributed by atoms with E-state index in [4.69, 9.17) is 10.5 Å². The number of benzene rings is 1. The van der Waals surface area contributed by atoms with E-state index in [-0.39, 0.29) is 6.04 Å². The van der Waals surface area contributed by atoms with Crippen molar-refractivity contribution in [3.05, 3.63) is 29.8 Å². The van der Waals surface area contributed by atoms with E-state index in [1.54, 1.807) is 7.11 Å². The van der Waals surface area contributed by atoms with Gasteiger partial charge in [-0.3, -0.25) is 4.79 Å². The molecule has 2 unspecified atom stereocenters. The van der Waals surface area contributed by atoms with Gasteiger partial charge in [0.1, 0.15) is 5.75 Å². The summed E-state index contributed by atoms with van der Waals surface area (Å²) in [6.45, 7) is 1.97. The molecule has 4 nitrogen and oxygen atoms in total. The fourth-order valence-corrected chi connectivity index (χ4v) is 1.85. The number of ether oxygens (including phenoxy) is 1. The highest BCUT2D eigenvalue weighted by atomic mass is 16.5. The number of methoxy groups -OCH3 is 1. The Morgan fingerprint density at radius 2 is 2.00 bits per heavy atom. The van der Waals surface area contributed by atoms with Gasteiger partial charge in [0, 0.05) is 6.04 Å². The van der Waals surface area contributed by atoms with Crippen molar-refractivity contribution in [1.82, 2.24) is 0 Å². The normalized spacial score (nSPS) is 13.9. The molecule has 0 saturated heterocycles. The van der Waals surface area contributed by atoms with Crippen molar-refractivity contribution < 1.29 is 14.6 Å². The van der Waals surface area contributed by atoms with E-state index in [0.717, 1.165) is 17.7 Å². The number of carboxylic acids is 1. The SMILES string of the molecule is CCC(N)CC(Cc1ccc(OC)cc1)C(=O)O. The number of aliphatic carboxylic acids is 1. The second-order valence-corrected chi connectivity index (χ2v) is 4.49. The topological polar surface area (TPSA) is 72.5 Å². The van der Waals surface area contributed by atoms with Gasteiger partial charge < -0.3 is 15.6 Å². The number of carbonyl (C=O) groups is 1. The standard InChI is InChI=1S/C14H21NO3/c1-3-12(15)9-11(14(16)17)8-10-4-6-13(18-2)7-5-10/h4-7,11-12H,3,8-9,15H2,1-2H3,(H,16,17). The van der Waals surface area contributed by atoms with Crippen molar-refractivity contribution >= 4 is 5.97 Å². The maximum absolute atomic E-state index is 11.2. The molecule has 1 aromatic carbocycles. The highest BCUT2D eigenvalue weighted by Gasteiger charge is 2.20. The van der Waals surface area contributed by atoms with Gasteiger partial charge >= 0.3 is 5.97 Å². The Labute approximate surface area is 108 Å². The average Bonchev–Trinajstić information content (AvgIpc) is 2.38. The molecule has 0 aliphatic heterocycles. The first-order chi connectivity index (χ1) is 8.56. The Balaban J connectivity index is 2.67. The lowest BCUT2D eigenvalue weighted by atomic mass is 9.92. The number of carboxylic acid groups (broad SMARTS) is 1. The second kappa shape index (κ2) is 7.01. The van der Waals surface area contributed by atoms with E-state index in [2.05, 4.69) is 0 Å². The second-order valence-electron chi connectivity index (χ2n) is 4.49. The minimum atomic E-state index is -0.783. The molecule has 0 bridgehead atoms. The molecule has 0 amide bonds. The minimum Gasteiger partial charge on any atom is -0.497 e. The molecule has 18 heavy (non-hydrogen) atoms. The zero-order chi connectivity index (χ0) is 13.5. The van der Waals surface area contributed by atoms with Gasteiger partial charge in [0.05, 0.1) is 13.0 Å². The van der Waals surface area contributed by atoms with Crippen LogP contribution in [0.25, 0.3) is 0 Å². The van der Waals surface area contributed by atoms with Crippen molar-refractivity contribution in [2.75, 3.05) is 7.11 Å². The van der Waals surface area contributed by atoms with Crippen LogP contribution in [0.15, 0.2) is 24.3 Å².